The van der Waals surface area contributed by atoms with Crippen molar-refractivity contribution in [2.75, 3.05) is 25.0 Å². The maximum Gasteiger partial charge on any atom is 0.387 e. The van der Waals surface area contributed by atoms with Crippen LogP contribution in [-0.4, -0.2) is 43.7 Å². The first-order valence-corrected chi connectivity index (χ1v) is 9.29. The van der Waals surface area contributed by atoms with Crippen LogP contribution in [-0.2, 0) is 6.54 Å². The van der Waals surface area contributed by atoms with Gasteiger partial charge < -0.3 is 20.3 Å². The Morgan fingerprint density at radius 2 is 2.21 bits per heavy atom. The molecule has 158 valence electrons. The van der Waals surface area contributed by atoms with Crippen molar-refractivity contribution in [2.45, 2.75) is 25.6 Å². The second-order valence-corrected chi connectivity index (χ2v) is 6.74. The van der Waals surface area contributed by atoms with Crippen molar-refractivity contribution in [3.8, 4) is 5.75 Å². The third-order valence-electron chi connectivity index (χ3n) is 4.37. The summed E-state index contributed by atoms with van der Waals surface area (Å²) in [5.41, 5.74) is 0.814. The van der Waals surface area contributed by atoms with Crippen molar-refractivity contribution >= 4 is 47.4 Å². The fourth-order valence-corrected chi connectivity index (χ4v) is 3.33. The molecule has 6 nitrogen and oxygen atoms in total. The highest BCUT2D eigenvalue weighted by atomic mass is 127. The van der Waals surface area contributed by atoms with Gasteiger partial charge in [-0.1, -0.05) is 23.7 Å². The van der Waals surface area contributed by atoms with E-state index in [2.05, 4.69) is 30.2 Å². The molecule has 1 atom stereocenters. The van der Waals surface area contributed by atoms with Crippen LogP contribution >= 0.6 is 35.6 Å². The monoisotopic (exact) mass is 537 g/mol. The number of aliphatic imine (C=N–C) groups is 1. The molecule has 0 aliphatic carbocycles. The van der Waals surface area contributed by atoms with Gasteiger partial charge in [0.05, 0.1) is 5.02 Å². The topological polar surface area (TPSA) is 61.8 Å². The fourth-order valence-electron chi connectivity index (χ4n) is 3.09. The van der Waals surface area contributed by atoms with Crippen molar-refractivity contribution in [3.63, 3.8) is 0 Å². The first kappa shape index (κ1) is 23.4. The van der Waals surface area contributed by atoms with Crippen LogP contribution in [0.1, 0.15) is 12.0 Å². The highest BCUT2D eigenvalue weighted by Gasteiger charge is 2.25. The SMILES string of the molecule is CN=C(NCc1cccc(OC(F)F)c1)NC1CCN(c2ncccc2Cl)C1.I. The van der Waals surface area contributed by atoms with Gasteiger partial charge in [-0.3, -0.25) is 4.99 Å². The van der Waals surface area contributed by atoms with Crippen LogP contribution in [0.2, 0.25) is 5.02 Å². The van der Waals surface area contributed by atoms with Crippen LogP contribution in [0.3, 0.4) is 0 Å². The normalized spacial score (nSPS) is 16.5. The van der Waals surface area contributed by atoms with E-state index in [-0.39, 0.29) is 35.8 Å². The summed E-state index contributed by atoms with van der Waals surface area (Å²) in [6, 6.07) is 10.4. The summed E-state index contributed by atoms with van der Waals surface area (Å²) in [6.45, 7) is -0.800. The van der Waals surface area contributed by atoms with Gasteiger partial charge in [0.2, 0.25) is 0 Å². The molecular formula is C19H23ClF2IN5O. The zero-order valence-corrected chi connectivity index (χ0v) is 18.9. The van der Waals surface area contributed by atoms with E-state index in [1.807, 2.05) is 18.2 Å². The number of aromatic nitrogens is 1. The third kappa shape index (κ3) is 6.84. The Kier molecular flexibility index (Phi) is 9.15. The molecule has 1 fully saturated rings. The second kappa shape index (κ2) is 11.3. The van der Waals surface area contributed by atoms with Gasteiger partial charge in [0.15, 0.2) is 5.96 Å². The Morgan fingerprint density at radius 1 is 1.38 bits per heavy atom. The van der Waals surface area contributed by atoms with Crippen LogP contribution in [0, 0.1) is 0 Å². The maximum atomic E-state index is 12.3. The minimum atomic E-state index is -2.84. The van der Waals surface area contributed by atoms with Crippen molar-refractivity contribution < 1.29 is 13.5 Å². The molecule has 1 aromatic heterocycles. The molecule has 0 spiro atoms. The van der Waals surface area contributed by atoms with Gasteiger partial charge in [0.25, 0.3) is 0 Å². The smallest absolute Gasteiger partial charge is 0.387 e. The van der Waals surface area contributed by atoms with E-state index in [1.54, 1.807) is 25.4 Å². The lowest BCUT2D eigenvalue weighted by Gasteiger charge is -2.20. The van der Waals surface area contributed by atoms with Crippen molar-refractivity contribution in [2.24, 2.45) is 4.99 Å². The van der Waals surface area contributed by atoms with Crippen LogP contribution in [0.5, 0.6) is 5.75 Å². The summed E-state index contributed by atoms with van der Waals surface area (Å²) < 4.78 is 29.1. The van der Waals surface area contributed by atoms with Crippen molar-refractivity contribution in [1.82, 2.24) is 15.6 Å². The molecule has 0 amide bonds. The molecule has 1 aromatic carbocycles. The number of nitrogens with one attached hydrogen (secondary N) is 2. The van der Waals surface area contributed by atoms with E-state index in [9.17, 15) is 8.78 Å². The summed E-state index contributed by atoms with van der Waals surface area (Å²) in [7, 11) is 1.69. The average molecular weight is 538 g/mol. The molecule has 1 aliphatic heterocycles. The van der Waals surface area contributed by atoms with E-state index in [0.29, 0.717) is 17.5 Å². The molecular weight excluding hydrogens is 515 g/mol. The predicted molar refractivity (Wildman–Crippen MR) is 122 cm³/mol. The van der Waals surface area contributed by atoms with Gasteiger partial charge in [-0.2, -0.15) is 8.78 Å². The van der Waals surface area contributed by atoms with Crippen molar-refractivity contribution in [1.29, 1.82) is 0 Å². The van der Waals surface area contributed by atoms with Crippen molar-refractivity contribution in [3.05, 3.63) is 53.2 Å². The number of nitrogens with zero attached hydrogens (tertiary/aromatic N) is 3. The molecule has 1 aliphatic rings. The van der Waals surface area contributed by atoms with E-state index < -0.39 is 6.61 Å². The Morgan fingerprint density at radius 3 is 2.93 bits per heavy atom. The lowest BCUT2D eigenvalue weighted by Crippen LogP contribution is -2.44. The number of anilines is 1. The molecule has 1 saturated heterocycles. The molecule has 0 bridgehead atoms. The minimum Gasteiger partial charge on any atom is -0.435 e. The van der Waals surface area contributed by atoms with E-state index >= 15 is 0 Å². The fraction of sp³-hybridized carbons (Fsp3) is 0.368. The quantitative estimate of drug-likeness (QED) is 0.333. The number of alkyl halides is 2. The molecule has 29 heavy (non-hydrogen) atoms. The molecule has 2 aromatic rings. The maximum absolute atomic E-state index is 12.3. The van der Waals surface area contributed by atoms with E-state index in [1.165, 1.54) is 6.07 Å². The number of halogens is 4. The zero-order chi connectivity index (χ0) is 19.9. The van der Waals surface area contributed by atoms with E-state index in [4.69, 9.17) is 11.6 Å². The lowest BCUT2D eigenvalue weighted by molar-refractivity contribution is -0.0498. The average Bonchev–Trinajstić information content (AvgIpc) is 3.13. The van der Waals surface area contributed by atoms with Gasteiger partial charge >= 0.3 is 6.61 Å². The number of pyridine rings is 1. The summed E-state index contributed by atoms with van der Waals surface area (Å²) in [6.07, 6.45) is 2.65. The zero-order valence-electron chi connectivity index (χ0n) is 15.8. The first-order chi connectivity index (χ1) is 13.5. The summed E-state index contributed by atoms with van der Waals surface area (Å²) in [4.78, 5) is 10.7. The molecule has 0 saturated carbocycles. The van der Waals surface area contributed by atoms with Gasteiger partial charge in [-0.15, -0.1) is 24.0 Å². The Hall–Kier alpha value is -1.88. The van der Waals surface area contributed by atoms with Crippen LogP contribution < -0.4 is 20.3 Å². The number of benzene rings is 1. The van der Waals surface area contributed by atoms with Gasteiger partial charge in [-0.25, -0.2) is 4.98 Å². The molecule has 0 radical (unpaired) electrons. The van der Waals surface area contributed by atoms with Gasteiger partial charge in [0, 0.05) is 38.9 Å². The number of hydrogen-bond donors (Lipinski definition) is 2. The summed E-state index contributed by atoms with van der Waals surface area (Å²) >= 11 is 6.23. The third-order valence-corrected chi connectivity index (χ3v) is 4.67. The number of hydrogen-bond acceptors (Lipinski definition) is 4. The molecule has 2 N–H and O–H groups in total. The molecule has 2 heterocycles. The molecule has 1 unspecified atom stereocenters. The van der Waals surface area contributed by atoms with E-state index in [0.717, 1.165) is 30.9 Å². The Bertz CT molecular complexity index is 827. The number of rotatable bonds is 6. The number of guanidine groups is 1. The highest BCUT2D eigenvalue weighted by molar-refractivity contribution is 14.0. The van der Waals surface area contributed by atoms with Crippen LogP contribution in [0.15, 0.2) is 47.6 Å². The van der Waals surface area contributed by atoms with Crippen LogP contribution in [0.4, 0.5) is 14.6 Å². The summed E-state index contributed by atoms with van der Waals surface area (Å²) in [5, 5.41) is 7.21. The molecule has 10 heteroatoms. The van der Waals surface area contributed by atoms with Gasteiger partial charge in [0.1, 0.15) is 11.6 Å². The van der Waals surface area contributed by atoms with Crippen LogP contribution in [0.25, 0.3) is 0 Å². The number of ether oxygens (including phenoxy) is 1. The minimum absolute atomic E-state index is 0. The predicted octanol–water partition coefficient (Wildman–Crippen LogP) is 3.90. The van der Waals surface area contributed by atoms with Gasteiger partial charge in [-0.05, 0) is 36.2 Å². The summed E-state index contributed by atoms with van der Waals surface area (Å²) in [5.74, 6) is 1.56. The standard InChI is InChI=1S/C19H22ClF2N5O.HI/c1-23-19(25-11-13-4-2-5-15(10-13)28-18(21)22)26-14-7-9-27(12-14)17-16(20)6-3-8-24-17;/h2-6,8,10,14,18H,7,9,11-12H2,1H3,(H2,23,25,26);1H. The Labute approximate surface area is 190 Å². The Balaban J connectivity index is 0.00000300. The molecule has 3 rings (SSSR count). The first-order valence-electron chi connectivity index (χ1n) is 8.91. The highest BCUT2D eigenvalue weighted by Crippen LogP contribution is 2.25. The second-order valence-electron chi connectivity index (χ2n) is 6.34. The lowest BCUT2D eigenvalue weighted by atomic mass is 10.2. The largest absolute Gasteiger partial charge is 0.435 e.